The molecule has 194 valence electrons. The van der Waals surface area contributed by atoms with E-state index >= 15 is 0 Å². The van der Waals surface area contributed by atoms with Crippen LogP contribution in [0.3, 0.4) is 0 Å². The van der Waals surface area contributed by atoms with Crippen LogP contribution in [0.1, 0.15) is 37.4 Å². The van der Waals surface area contributed by atoms with Crippen molar-refractivity contribution in [1.82, 2.24) is 4.31 Å². The molecule has 0 saturated heterocycles. The van der Waals surface area contributed by atoms with Crippen LogP contribution >= 0.6 is 0 Å². The summed E-state index contributed by atoms with van der Waals surface area (Å²) < 4.78 is 37.5. The number of carbonyl (C=O) groups is 3. The van der Waals surface area contributed by atoms with Gasteiger partial charge >= 0.3 is 11.9 Å². The van der Waals surface area contributed by atoms with E-state index in [-0.39, 0.29) is 28.3 Å². The zero-order chi connectivity index (χ0) is 27.2. The van der Waals surface area contributed by atoms with Crippen LogP contribution in [-0.2, 0) is 30.8 Å². The summed E-state index contributed by atoms with van der Waals surface area (Å²) in [6.07, 6.45) is 0. The maximum atomic E-state index is 13.5. The minimum absolute atomic E-state index is 0.0180. The minimum atomic E-state index is -4.04. The summed E-state index contributed by atoms with van der Waals surface area (Å²) in [6.45, 7) is 3.21. The lowest BCUT2D eigenvalue weighted by Gasteiger charge is -2.22. The Labute approximate surface area is 216 Å². The molecule has 0 heterocycles. The number of rotatable bonds is 9. The number of aryl methyl sites for hydroxylation is 2. The topological polar surface area (TPSA) is 119 Å². The molecule has 9 nitrogen and oxygen atoms in total. The molecule has 37 heavy (non-hydrogen) atoms. The number of hydrogen-bond donors (Lipinski definition) is 1. The Kier molecular flexibility index (Phi) is 8.80. The Hall–Kier alpha value is -4.02. The number of hydrogen-bond acceptors (Lipinski definition) is 7. The third kappa shape index (κ3) is 7.02. The molecule has 0 bridgehead atoms. The fourth-order valence-corrected chi connectivity index (χ4v) is 4.90. The van der Waals surface area contributed by atoms with E-state index in [9.17, 15) is 22.8 Å². The minimum Gasteiger partial charge on any atom is -0.465 e. The largest absolute Gasteiger partial charge is 0.465 e. The summed E-state index contributed by atoms with van der Waals surface area (Å²) in [6, 6.07) is 17.6. The number of anilines is 1. The number of esters is 2. The van der Waals surface area contributed by atoms with Gasteiger partial charge in [0.15, 0.2) is 0 Å². The Morgan fingerprint density at radius 3 is 1.76 bits per heavy atom. The van der Waals surface area contributed by atoms with E-state index in [1.165, 1.54) is 44.6 Å². The molecule has 0 spiro atoms. The van der Waals surface area contributed by atoms with Crippen LogP contribution in [0.25, 0.3) is 0 Å². The van der Waals surface area contributed by atoms with Crippen molar-refractivity contribution in [3.05, 3.63) is 94.5 Å². The average Bonchev–Trinajstić information content (AvgIpc) is 2.88. The van der Waals surface area contributed by atoms with Crippen molar-refractivity contribution < 1.29 is 32.3 Å². The molecular formula is C27H28N2O7S. The monoisotopic (exact) mass is 524 g/mol. The Morgan fingerprint density at radius 1 is 0.784 bits per heavy atom. The molecule has 10 heteroatoms. The summed E-state index contributed by atoms with van der Waals surface area (Å²) >= 11 is 0. The fourth-order valence-electron chi connectivity index (χ4n) is 3.51. The van der Waals surface area contributed by atoms with E-state index < -0.39 is 34.4 Å². The van der Waals surface area contributed by atoms with E-state index in [0.29, 0.717) is 5.56 Å². The van der Waals surface area contributed by atoms with Gasteiger partial charge in [0, 0.05) is 12.2 Å². The van der Waals surface area contributed by atoms with Crippen LogP contribution in [0.5, 0.6) is 0 Å². The zero-order valence-corrected chi connectivity index (χ0v) is 21.8. The molecular weight excluding hydrogens is 496 g/mol. The van der Waals surface area contributed by atoms with E-state index in [0.717, 1.165) is 15.4 Å². The van der Waals surface area contributed by atoms with Crippen LogP contribution in [0, 0.1) is 13.8 Å². The average molecular weight is 525 g/mol. The van der Waals surface area contributed by atoms with Gasteiger partial charge in [0.05, 0.1) is 36.8 Å². The van der Waals surface area contributed by atoms with Gasteiger partial charge in [-0.1, -0.05) is 47.5 Å². The predicted octanol–water partition coefficient (Wildman–Crippen LogP) is 3.71. The SMILES string of the molecule is COC(=O)c1cc(NC(=O)CN(Cc2ccc(C)cc2)S(=O)(=O)c2ccc(C)cc2)cc(C(=O)OC)c1. The molecule has 0 aliphatic heterocycles. The van der Waals surface area contributed by atoms with Crippen LogP contribution in [-0.4, -0.2) is 51.3 Å². The lowest BCUT2D eigenvalue weighted by atomic mass is 10.1. The van der Waals surface area contributed by atoms with Crippen molar-refractivity contribution in [2.75, 3.05) is 26.1 Å². The molecule has 3 aromatic rings. The highest BCUT2D eigenvalue weighted by molar-refractivity contribution is 7.89. The van der Waals surface area contributed by atoms with Crippen molar-refractivity contribution in [3.63, 3.8) is 0 Å². The number of benzene rings is 3. The maximum absolute atomic E-state index is 13.5. The molecule has 0 aliphatic carbocycles. The number of sulfonamides is 1. The second-order valence-corrected chi connectivity index (χ2v) is 10.3. The van der Waals surface area contributed by atoms with Crippen molar-refractivity contribution in [2.45, 2.75) is 25.3 Å². The second kappa shape index (κ2) is 11.8. The van der Waals surface area contributed by atoms with Gasteiger partial charge in [-0.2, -0.15) is 4.31 Å². The molecule has 0 radical (unpaired) electrons. The number of amides is 1. The van der Waals surface area contributed by atoms with E-state index in [2.05, 4.69) is 5.32 Å². The van der Waals surface area contributed by atoms with Crippen LogP contribution in [0.2, 0.25) is 0 Å². The normalized spacial score (nSPS) is 11.2. The van der Waals surface area contributed by atoms with E-state index in [1.807, 2.05) is 26.0 Å². The highest BCUT2D eigenvalue weighted by Gasteiger charge is 2.27. The first kappa shape index (κ1) is 27.6. The molecule has 3 rings (SSSR count). The standard InChI is InChI=1S/C27H28N2O7S/c1-18-5-9-20(10-6-18)16-29(37(33,34)24-11-7-19(2)8-12-24)17-25(30)28-23-14-21(26(31)35-3)13-22(15-23)27(32)36-4/h5-15H,16-17H2,1-4H3,(H,28,30). The summed E-state index contributed by atoms with van der Waals surface area (Å²) in [5, 5.41) is 2.58. The van der Waals surface area contributed by atoms with Gasteiger partial charge in [-0.05, 0) is 49.7 Å². The fraction of sp³-hybridized carbons (Fsp3) is 0.222. The number of carbonyl (C=O) groups excluding carboxylic acids is 3. The molecule has 0 saturated carbocycles. The Morgan fingerprint density at radius 2 is 1.27 bits per heavy atom. The molecule has 0 unspecified atom stereocenters. The van der Waals surface area contributed by atoms with Crippen LogP contribution < -0.4 is 5.32 Å². The van der Waals surface area contributed by atoms with Gasteiger partial charge in [0.25, 0.3) is 0 Å². The summed E-state index contributed by atoms with van der Waals surface area (Å²) in [4.78, 5) is 37.2. The summed E-state index contributed by atoms with van der Waals surface area (Å²) in [7, 11) is -1.67. The number of nitrogens with one attached hydrogen (secondary N) is 1. The van der Waals surface area contributed by atoms with Crippen molar-refractivity contribution in [3.8, 4) is 0 Å². The smallest absolute Gasteiger partial charge is 0.337 e. The first-order valence-corrected chi connectivity index (χ1v) is 12.7. The zero-order valence-electron chi connectivity index (χ0n) is 21.0. The molecule has 1 amide bonds. The Balaban J connectivity index is 1.92. The first-order chi connectivity index (χ1) is 17.5. The first-order valence-electron chi connectivity index (χ1n) is 11.3. The third-order valence-corrected chi connectivity index (χ3v) is 7.32. The molecule has 0 aliphatic rings. The lowest BCUT2D eigenvalue weighted by molar-refractivity contribution is -0.116. The van der Waals surface area contributed by atoms with Crippen LogP contribution in [0.15, 0.2) is 71.6 Å². The van der Waals surface area contributed by atoms with E-state index in [4.69, 9.17) is 9.47 Å². The number of methoxy groups -OCH3 is 2. The van der Waals surface area contributed by atoms with Crippen LogP contribution in [0.4, 0.5) is 5.69 Å². The van der Waals surface area contributed by atoms with Crippen molar-refractivity contribution in [1.29, 1.82) is 0 Å². The predicted molar refractivity (Wildman–Crippen MR) is 138 cm³/mol. The quantitative estimate of drug-likeness (QED) is 0.424. The summed E-state index contributed by atoms with van der Waals surface area (Å²) in [5.74, 6) is -2.10. The maximum Gasteiger partial charge on any atom is 0.337 e. The van der Waals surface area contributed by atoms with Gasteiger partial charge in [-0.15, -0.1) is 0 Å². The highest BCUT2D eigenvalue weighted by atomic mass is 32.2. The van der Waals surface area contributed by atoms with Gasteiger partial charge in [0.1, 0.15) is 0 Å². The van der Waals surface area contributed by atoms with E-state index in [1.54, 1.807) is 24.3 Å². The van der Waals surface area contributed by atoms with Gasteiger partial charge in [-0.3, -0.25) is 4.79 Å². The van der Waals surface area contributed by atoms with Gasteiger partial charge in [0.2, 0.25) is 15.9 Å². The molecule has 0 atom stereocenters. The van der Waals surface area contributed by atoms with Crippen molar-refractivity contribution in [2.24, 2.45) is 0 Å². The number of nitrogens with zero attached hydrogens (tertiary/aromatic N) is 1. The molecule has 0 fully saturated rings. The second-order valence-electron chi connectivity index (χ2n) is 8.40. The molecule has 0 aromatic heterocycles. The Bertz CT molecular complexity index is 1370. The lowest BCUT2D eigenvalue weighted by Crippen LogP contribution is -2.37. The van der Waals surface area contributed by atoms with Crippen molar-refractivity contribution >= 4 is 33.6 Å². The summed E-state index contributed by atoms with van der Waals surface area (Å²) in [5.41, 5.74) is 2.76. The highest BCUT2D eigenvalue weighted by Crippen LogP contribution is 2.21. The third-order valence-electron chi connectivity index (χ3n) is 5.52. The number of ether oxygens (including phenoxy) is 2. The van der Waals surface area contributed by atoms with Gasteiger partial charge < -0.3 is 14.8 Å². The molecule has 1 N–H and O–H groups in total. The van der Waals surface area contributed by atoms with Gasteiger partial charge in [-0.25, -0.2) is 18.0 Å². The molecule has 3 aromatic carbocycles.